The Morgan fingerprint density at radius 1 is 0.906 bits per heavy atom. The van der Waals surface area contributed by atoms with Crippen LogP contribution in [-0.4, -0.2) is 43.3 Å². The number of halogens is 1. The molecule has 0 saturated heterocycles. The molecule has 3 amide bonds. The van der Waals surface area contributed by atoms with Crippen LogP contribution in [0.1, 0.15) is 20.7 Å². The molecule has 0 aromatic heterocycles. The summed E-state index contributed by atoms with van der Waals surface area (Å²) in [6.07, 6.45) is 0. The van der Waals surface area contributed by atoms with Crippen LogP contribution in [0.3, 0.4) is 0 Å². The summed E-state index contributed by atoms with van der Waals surface area (Å²) in [5.74, 6) is -1.38. The molecule has 0 fully saturated rings. The molecule has 3 aromatic carbocycles. The van der Waals surface area contributed by atoms with Crippen molar-refractivity contribution in [3.63, 3.8) is 0 Å². The molecule has 0 aliphatic carbocycles. The zero-order chi connectivity index (χ0) is 23.1. The molecule has 2 N–H and O–H groups in total. The Kier molecular flexibility index (Phi) is 7.17. The molecular weight excluding hydrogens is 413 g/mol. The number of benzene rings is 3. The lowest BCUT2D eigenvalue weighted by atomic mass is 10.2. The lowest BCUT2D eigenvalue weighted by Crippen LogP contribution is -2.34. The number of hydrogen-bond donors (Lipinski definition) is 2. The third-order valence-electron chi connectivity index (χ3n) is 4.57. The number of carbonyl (C=O) groups is 3. The van der Waals surface area contributed by atoms with Crippen molar-refractivity contribution >= 4 is 29.1 Å². The van der Waals surface area contributed by atoms with Gasteiger partial charge in [0.15, 0.2) is 0 Å². The van der Waals surface area contributed by atoms with Gasteiger partial charge in [0.1, 0.15) is 11.6 Å². The van der Waals surface area contributed by atoms with Crippen LogP contribution in [0.15, 0.2) is 72.8 Å². The van der Waals surface area contributed by atoms with Gasteiger partial charge in [0.05, 0.1) is 19.3 Å². The van der Waals surface area contributed by atoms with Crippen molar-refractivity contribution in [1.29, 1.82) is 0 Å². The predicted molar refractivity (Wildman–Crippen MR) is 119 cm³/mol. The number of nitrogens with one attached hydrogen (secondary N) is 2. The number of anilines is 2. The number of likely N-dealkylation sites (N-methyl/N-ethyl adjacent to an activating group) is 1. The summed E-state index contributed by atoms with van der Waals surface area (Å²) in [6, 6.07) is 18.6. The zero-order valence-corrected chi connectivity index (χ0v) is 17.6. The van der Waals surface area contributed by atoms with Crippen molar-refractivity contribution in [2.24, 2.45) is 0 Å². The van der Waals surface area contributed by atoms with E-state index in [2.05, 4.69) is 10.6 Å². The van der Waals surface area contributed by atoms with Crippen LogP contribution in [0.4, 0.5) is 15.8 Å². The van der Waals surface area contributed by atoms with Crippen molar-refractivity contribution in [2.45, 2.75) is 0 Å². The minimum Gasteiger partial charge on any atom is -0.495 e. The highest BCUT2D eigenvalue weighted by Crippen LogP contribution is 2.28. The Labute approximate surface area is 184 Å². The number of ether oxygens (including phenoxy) is 1. The van der Waals surface area contributed by atoms with Crippen LogP contribution in [-0.2, 0) is 4.79 Å². The van der Waals surface area contributed by atoms with Crippen LogP contribution in [0.5, 0.6) is 5.75 Å². The molecule has 0 heterocycles. The first-order valence-electron chi connectivity index (χ1n) is 9.72. The van der Waals surface area contributed by atoms with Gasteiger partial charge in [-0.25, -0.2) is 4.39 Å². The molecule has 0 saturated carbocycles. The number of carbonyl (C=O) groups excluding carboxylic acids is 3. The van der Waals surface area contributed by atoms with E-state index in [4.69, 9.17) is 4.74 Å². The number of rotatable bonds is 7. The first-order chi connectivity index (χ1) is 15.4. The van der Waals surface area contributed by atoms with Gasteiger partial charge in [0.25, 0.3) is 11.8 Å². The summed E-state index contributed by atoms with van der Waals surface area (Å²) in [5.41, 5.74) is 1.32. The fourth-order valence-corrected chi connectivity index (χ4v) is 3.00. The lowest BCUT2D eigenvalue weighted by Gasteiger charge is -2.17. The summed E-state index contributed by atoms with van der Waals surface area (Å²) in [6.45, 7) is -0.162. The Balaban J connectivity index is 1.68. The molecule has 8 heteroatoms. The van der Waals surface area contributed by atoms with Gasteiger partial charge in [-0.3, -0.25) is 14.4 Å². The highest BCUT2D eigenvalue weighted by molar-refractivity contribution is 6.05. The van der Waals surface area contributed by atoms with Crippen molar-refractivity contribution < 1.29 is 23.5 Å². The van der Waals surface area contributed by atoms with Crippen LogP contribution < -0.4 is 15.4 Å². The first kappa shape index (κ1) is 22.5. The van der Waals surface area contributed by atoms with Gasteiger partial charge in [0, 0.05) is 23.9 Å². The van der Waals surface area contributed by atoms with Gasteiger partial charge >= 0.3 is 0 Å². The molecule has 0 radical (unpaired) electrons. The average Bonchev–Trinajstić information content (AvgIpc) is 2.79. The number of nitrogens with zero attached hydrogens (tertiary/aromatic N) is 1. The standard InChI is InChI=1S/C24H22FN3O4/c1-28(24(31)16-7-4-3-5-8-16)15-22(29)26-19-11-12-21(32-2)20(14-19)27-23(30)17-9-6-10-18(25)13-17/h3-14H,15H2,1-2H3,(H,26,29)(H,27,30). The molecule has 0 unspecified atom stereocenters. The zero-order valence-electron chi connectivity index (χ0n) is 17.6. The van der Waals surface area contributed by atoms with E-state index in [1.165, 1.54) is 43.3 Å². The molecule has 0 aliphatic heterocycles. The maximum Gasteiger partial charge on any atom is 0.255 e. The summed E-state index contributed by atoms with van der Waals surface area (Å²) >= 11 is 0. The Bertz CT molecular complexity index is 1140. The van der Waals surface area contributed by atoms with E-state index in [1.54, 1.807) is 42.5 Å². The summed E-state index contributed by atoms with van der Waals surface area (Å²) in [4.78, 5) is 38.6. The van der Waals surface area contributed by atoms with Crippen molar-refractivity contribution in [3.05, 3.63) is 89.7 Å². The molecular formula is C24H22FN3O4. The van der Waals surface area contributed by atoms with Crippen LogP contribution >= 0.6 is 0 Å². The largest absolute Gasteiger partial charge is 0.495 e. The second kappa shape index (κ2) is 10.2. The smallest absolute Gasteiger partial charge is 0.255 e. The normalized spacial score (nSPS) is 10.2. The van der Waals surface area contributed by atoms with E-state index in [9.17, 15) is 18.8 Å². The quantitative estimate of drug-likeness (QED) is 0.591. The van der Waals surface area contributed by atoms with E-state index in [1.807, 2.05) is 0 Å². The van der Waals surface area contributed by atoms with Gasteiger partial charge in [-0.15, -0.1) is 0 Å². The minimum absolute atomic E-state index is 0.141. The summed E-state index contributed by atoms with van der Waals surface area (Å²) < 4.78 is 18.7. The molecule has 0 atom stereocenters. The van der Waals surface area contributed by atoms with Gasteiger partial charge < -0.3 is 20.3 Å². The molecule has 3 aromatic rings. The van der Waals surface area contributed by atoms with Gasteiger partial charge in [-0.1, -0.05) is 24.3 Å². The molecule has 32 heavy (non-hydrogen) atoms. The third kappa shape index (κ3) is 5.69. The fraction of sp³-hybridized carbons (Fsp3) is 0.125. The van der Waals surface area contributed by atoms with Gasteiger partial charge in [-0.2, -0.15) is 0 Å². The predicted octanol–water partition coefficient (Wildman–Crippen LogP) is 3.80. The summed E-state index contributed by atoms with van der Waals surface area (Å²) in [7, 11) is 2.98. The number of amides is 3. The molecule has 0 bridgehead atoms. The van der Waals surface area contributed by atoms with E-state index < -0.39 is 17.6 Å². The maximum atomic E-state index is 13.4. The second-order valence-electron chi connectivity index (χ2n) is 6.95. The summed E-state index contributed by atoms with van der Waals surface area (Å²) in [5, 5.41) is 5.35. The van der Waals surface area contributed by atoms with Gasteiger partial charge in [0.2, 0.25) is 5.91 Å². The van der Waals surface area contributed by atoms with E-state index in [-0.39, 0.29) is 18.0 Å². The highest BCUT2D eigenvalue weighted by atomic mass is 19.1. The monoisotopic (exact) mass is 435 g/mol. The molecule has 7 nitrogen and oxygen atoms in total. The van der Waals surface area contributed by atoms with E-state index in [0.29, 0.717) is 22.7 Å². The Morgan fingerprint density at radius 3 is 2.31 bits per heavy atom. The molecule has 0 aliphatic rings. The Morgan fingerprint density at radius 2 is 1.62 bits per heavy atom. The maximum absolute atomic E-state index is 13.4. The average molecular weight is 435 g/mol. The van der Waals surface area contributed by atoms with Crippen LogP contribution in [0.2, 0.25) is 0 Å². The molecule has 3 rings (SSSR count). The SMILES string of the molecule is COc1ccc(NC(=O)CN(C)C(=O)c2ccccc2)cc1NC(=O)c1cccc(F)c1. The number of hydrogen-bond acceptors (Lipinski definition) is 4. The topological polar surface area (TPSA) is 87.7 Å². The molecule has 164 valence electrons. The minimum atomic E-state index is -0.528. The third-order valence-corrected chi connectivity index (χ3v) is 4.57. The second-order valence-corrected chi connectivity index (χ2v) is 6.95. The van der Waals surface area contributed by atoms with Crippen molar-refractivity contribution in [3.8, 4) is 5.75 Å². The fourth-order valence-electron chi connectivity index (χ4n) is 3.00. The van der Waals surface area contributed by atoms with Crippen molar-refractivity contribution in [2.75, 3.05) is 31.3 Å². The van der Waals surface area contributed by atoms with Crippen molar-refractivity contribution in [1.82, 2.24) is 4.90 Å². The van der Waals surface area contributed by atoms with Crippen LogP contribution in [0.25, 0.3) is 0 Å². The highest BCUT2D eigenvalue weighted by Gasteiger charge is 2.16. The van der Waals surface area contributed by atoms with Crippen LogP contribution in [0, 0.1) is 5.82 Å². The first-order valence-corrected chi connectivity index (χ1v) is 9.72. The lowest BCUT2D eigenvalue weighted by molar-refractivity contribution is -0.116. The number of methoxy groups -OCH3 is 1. The van der Waals surface area contributed by atoms with E-state index >= 15 is 0 Å². The molecule has 0 spiro atoms. The van der Waals surface area contributed by atoms with E-state index in [0.717, 1.165) is 6.07 Å². The Hall–Kier alpha value is -4.20. The van der Waals surface area contributed by atoms with Gasteiger partial charge in [-0.05, 0) is 48.5 Å².